The van der Waals surface area contributed by atoms with E-state index < -0.39 is 0 Å². The van der Waals surface area contributed by atoms with Gasteiger partial charge < -0.3 is 0 Å². The zero-order chi connectivity index (χ0) is 58.2. The van der Waals surface area contributed by atoms with E-state index in [0.717, 1.165) is 146 Å². The van der Waals surface area contributed by atoms with Gasteiger partial charge in [-0.3, -0.25) is 0 Å². The summed E-state index contributed by atoms with van der Waals surface area (Å²) in [5, 5.41) is 2.97. The molecule has 3 nitrogen and oxygen atoms in total. The molecule has 0 spiro atoms. The van der Waals surface area contributed by atoms with Crippen LogP contribution in [0.3, 0.4) is 0 Å². The number of benzene rings is 5. The first kappa shape index (κ1) is 68.6. The van der Waals surface area contributed by atoms with Gasteiger partial charge in [-0.05, 0) is 90.6 Å². The van der Waals surface area contributed by atoms with Gasteiger partial charge in [-0.1, -0.05) is 210 Å². The monoisotopic (exact) mass is 1490 g/mol. The lowest BCUT2D eigenvalue weighted by atomic mass is 10.1. The van der Waals surface area contributed by atoms with Crippen molar-refractivity contribution >= 4 is 93.0 Å². The molecule has 9 heteroatoms. The summed E-state index contributed by atoms with van der Waals surface area (Å²) in [6, 6.07) is 56.9. The third-order valence-corrected chi connectivity index (χ3v) is 14.3. The molecule has 0 radical (unpaired) electrons. The van der Waals surface area contributed by atoms with Crippen molar-refractivity contribution < 1.29 is 13.7 Å². The van der Waals surface area contributed by atoms with Crippen LogP contribution in [0.2, 0.25) is 0 Å². The van der Waals surface area contributed by atoms with Gasteiger partial charge in [0, 0.05) is 170 Å². The first-order chi connectivity index (χ1) is 41.0. The number of unbranched alkanes of at least 4 members (excludes halogenated alkanes) is 6. The number of hydrogen-bond donors (Lipinski definition) is 0. The largest absolute Gasteiger partial charge is 0.204 e. The highest BCUT2D eigenvalue weighted by Crippen LogP contribution is 2.19. The lowest BCUT2D eigenvalue weighted by molar-refractivity contribution is -0.696. The molecular weight excluding hydrogens is 1420 g/mol. The van der Waals surface area contributed by atoms with Gasteiger partial charge in [0.1, 0.15) is 19.6 Å². The predicted octanol–water partition coefficient (Wildman–Crippen LogP) is 18.6. The molecule has 8 rings (SSSR count). The molecule has 0 aliphatic carbocycles. The van der Waals surface area contributed by atoms with Crippen molar-refractivity contribution in [2.24, 2.45) is 0 Å². The van der Waals surface area contributed by atoms with Gasteiger partial charge in [-0.25, -0.2) is 13.7 Å². The number of hydrogen-bond acceptors (Lipinski definition) is 0. The fourth-order valence-electron chi connectivity index (χ4n) is 8.58. The Labute approximate surface area is 553 Å². The molecule has 0 saturated heterocycles. The fraction of sp³-hybridized carbons (Fsp3) is 0.240. The van der Waals surface area contributed by atoms with E-state index in [4.69, 9.17) is 0 Å². The van der Waals surface area contributed by atoms with Gasteiger partial charge in [-0.15, -0.1) is 17.0 Å². The highest BCUT2D eigenvalue weighted by molar-refractivity contribution is 9.93. The average Bonchev–Trinajstić information content (AvgIpc) is 3.65. The topological polar surface area (TPSA) is 11.6 Å². The number of alkyl halides is 3. The molecule has 0 saturated carbocycles. The van der Waals surface area contributed by atoms with E-state index in [0.29, 0.717) is 0 Å². The average molecular weight is 1490 g/mol. The summed E-state index contributed by atoms with van der Waals surface area (Å²) >= 11 is 15.8. The van der Waals surface area contributed by atoms with Crippen LogP contribution < -0.4 is 13.7 Å². The normalized spacial score (nSPS) is 9.68. The van der Waals surface area contributed by atoms with Crippen LogP contribution in [0, 0.1) is 71.0 Å². The van der Waals surface area contributed by atoms with Gasteiger partial charge >= 0.3 is 0 Å². The quantitative estimate of drug-likeness (QED) is 0.0351. The number of halogens is 6. The minimum atomic E-state index is 0. The summed E-state index contributed by atoms with van der Waals surface area (Å²) in [5.41, 5.74) is 13.3. The molecule has 8 aromatic rings. The number of aryl methyl sites for hydroxylation is 3. The minimum Gasteiger partial charge on any atom is -0.204 e. The third kappa shape index (κ3) is 26.8. The lowest BCUT2D eigenvalue weighted by Crippen LogP contribution is -2.32. The van der Waals surface area contributed by atoms with Crippen molar-refractivity contribution in [2.75, 3.05) is 16.0 Å². The summed E-state index contributed by atoms with van der Waals surface area (Å²) in [6.45, 7) is 2.75. The smallest absolute Gasteiger partial charge is 0.176 e. The summed E-state index contributed by atoms with van der Waals surface area (Å²) in [5.74, 6) is 40.0. The van der Waals surface area contributed by atoms with Crippen LogP contribution in [0.4, 0.5) is 0 Å². The fourth-order valence-corrected chi connectivity index (χ4v) is 9.42. The standard InChI is InChI=1S/C54H48N3.C21H21Br3.Br2.BrH/c1-10-25-49(26-11-1)52-31-19-37-55(43-52)34-16-4-7-22-46-40-47(23-8-5-17-35-56-38-20-32-53(44-56)50-27-12-2-13-28-50)42-48(41-46)24-9-6-18-36-57-39-21-33-54(45-57)51-29-14-3-15-30-51;22-13-7-1-4-10-19-16-20(11-5-2-8-14-23)18-21(17-19)12-6-3-9-15-24;1-2;/h1-3,10-15,19-21,25-33,37-45H,4-6,16-18,34-36H2;16-18H,1-3,7-9,13-15H2;;1H/q+3;;;. The Morgan fingerprint density at radius 3 is 0.714 bits per heavy atom. The van der Waals surface area contributed by atoms with E-state index in [1.54, 1.807) is 0 Å². The van der Waals surface area contributed by atoms with Gasteiger partial charge in [0.15, 0.2) is 37.2 Å². The van der Waals surface area contributed by atoms with Gasteiger partial charge in [0.2, 0.25) is 0 Å². The molecule has 0 aliphatic rings. The summed E-state index contributed by atoms with van der Waals surface area (Å²) < 4.78 is 6.76. The SMILES string of the molecule is Br.BrBr.BrCCCC#Cc1cc(C#CCCCBr)cc(C#CCCCBr)c1.C(#Cc1cc(C#CCCC[n+]2cccc(-c3ccccc3)c2)cc(C#CCCC[n+]2cccc(-c3ccccc3)c2)c1)CCC[n+]1cccc(-c2ccccc2)c1. The summed E-state index contributed by atoms with van der Waals surface area (Å²) in [6.07, 6.45) is 24.3. The molecule has 0 aliphatic heterocycles. The Balaban J connectivity index is 0.000000403. The summed E-state index contributed by atoms with van der Waals surface area (Å²) in [7, 11) is 0. The molecule has 5 aromatic carbocycles. The maximum atomic E-state index is 3.43. The molecule has 0 N–H and O–H groups in total. The molecule has 0 bridgehead atoms. The first-order valence-electron chi connectivity index (χ1n) is 28.2. The van der Waals surface area contributed by atoms with Crippen LogP contribution in [0.25, 0.3) is 33.4 Å². The van der Waals surface area contributed by atoms with E-state index in [2.05, 4.69) is 362 Å². The molecule has 0 atom stereocenters. The van der Waals surface area contributed by atoms with Crippen molar-refractivity contribution in [2.45, 2.75) is 96.7 Å². The van der Waals surface area contributed by atoms with Crippen molar-refractivity contribution in [1.82, 2.24) is 0 Å². The molecule has 3 aromatic heterocycles. The molecular formula is C75H70Br6N3+3. The molecule has 0 amide bonds. The maximum Gasteiger partial charge on any atom is 0.176 e. The minimum absolute atomic E-state index is 0. The van der Waals surface area contributed by atoms with E-state index in [9.17, 15) is 0 Å². The van der Waals surface area contributed by atoms with Gasteiger partial charge in [0.05, 0.1) is 0 Å². The highest BCUT2D eigenvalue weighted by atomic mass is 80.9. The molecule has 84 heavy (non-hydrogen) atoms. The first-order valence-corrected chi connectivity index (χ1v) is 35.3. The second-order valence-electron chi connectivity index (χ2n) is 19.2. The van der Waals surface area contributed by atoms with Crippen LogP contribution in [0.5, 0.6) is 0 Å². The molecule has 3 heterocycles. The van der Waals surface area contributed by atoms with E-state index in [1.807, 2.05) is 0 Å². The number of nitrogens with zero attached hydrogens (tertiary/aromatic N) is 3. The Morgan fingerprint density at radius 1 is 0.274 bits per heavy atom. The number of rotatable bonds is 18. The predicted molar refractivity (Wildman–Crippen MR) is 375 cm³/mol. The Morgan fingerprint density at radius 2 is 0.488 bits per heavy atom. The second kappa shape index (κ2) is 42.6. The Kier molecular flexibility index (Phi) is 34.8. The number of pyridine rings is 3. The van der Waals surface area contributed by atoms with Crippen molar-refractivity contribution in [3.05, 3.63) is 234 Å². The molecule has 0 fully saturated rings. The maximum absolute atomic E-state index is 3.43. The highest BCUT2D eigenvalue weighted by Gasteiger charge is 2.08. The third-order valence-electron chi connectivity index (χ3n) is 12.6. The summed E-state index contributed by atoms with van der Waals surface area (Å²) in [4.78, 5) is 0. The Hall–Kier alpha value is -6.21. The zero-order valence-electron chi connectivity index (χ0n) is 47.4. The van der Waals surface area contributed by atoms with E-state index >= 15 is 0 Å². The van der Waals surface area contributed by atoms with Crippen LogP contribution in [0.1, 0.15) is 110 Å². The van der Waals surface area contributed by atoms with Gasteiger partial charge in [-0.2, -0.15) is 0 Å². The number of aromatic nitrogens is 3. The van der Waals surface area contributed by atoms with Crippen LogP contribution in [-0.2, 0) is 19.6 Å². The van der Waals surface area contributed by atoms with Crippen LogP contribution in [-0.4, -0.2) is 16.0 Å². The Bertz CT molecular complexity index is 3240. The van der Waals surface area contributed by atoms with Crippen LogP contribution in [0.15, 0.2) is 201 Å². The molecule has 424 valence electrons. The zero-order valence-corrected chi connectivity index (χ0v) is 57.1. The van der Waals surface area contributed by atoms with Crippen molar-refractivity contribution in [1.29, 1.82) is 0 Å². The van der Waals surface area contributed by atoms with E-state index in [-0.39, 0.29) is 17.0 Å². The van der Waals surface area contributed by atoms with E-state index in [1.165, 1.54) is 33.4 Å². The second-order valence-corrected chi connectivity index (χ2v) is 21.6. The lowest BCUT2D eigenvalue weighted by Gasteiger charge is -2.01. The van der Waals surface area contributed by atoms with Crippen molar-refractivity contribution in [3.8, 4) is 104 Å². The van der Waals surface area contributed by atoms with Crippen LogP contribution >= 0.6 is 93.0 Å². The molecule has 0 unspecified atom stereocenters. The van der Waals surface area contributed by atoms with Gasteiger partial charge in [0.25, 0.3) is 0 Å². The van der Waals surface area contributed by atoms with Crippen molar-refractivity contribution in [3.63, 3.8) is 0 Å².